The Balaban J connectivity index is 3.20. The summed E-state index contributed by atoms with van der Waals surface area (Å²) in [5.41, 5.74) is 0. The maximum absolute atomic E-state index is 6.87. The molecule has 4 nitrogen and oxygen atoms in total. The molecule has 0 aromatic heterocycles. The lowest BCUT2D eigenvalue weighted by atomic mass is 10.4. The van der Waals surface area contributed by atoms with Crippen molar-refractivity contribution >= 4 is 34.2 Å². The van der Waals surface area contributed by atoms with Crippen LogP contribution < -0.4 is 0 Å². The molecule has 8 heteroatoms. The first-order valence-electron chi connectivity index (χ1n) is 9.88. The van der Waals surface area contributed by atoms with Crippen LogP contribution >= 0.6 is 0 Å². The van der Waals surface area contributed by atoms with Crippen LogP contribution in [0.3, 0.4) is 0 Å². The molecule has 0 radical (unpaired) electrons. The fourth-order valence-corrected chi connectivity index (χ4v) is 27.0. The first-order chi connectivity index (χ1) is 11.1. The summed E-state index contributed by atoms with van der Waals surface area (Å²) >= 11 is 0. The average Bonchev–Trinajstić information content (AvgIpc) is 2.43. The predicted molar refractivity (Wildman–Crippen MR) is 111 cm³/mol. The van der Waals surface area contributed by atoms with Crippen molar-refractivity contribution in [1.29, 1.82) is 0 Å². The molecule has 2 atom stereocenters. The minimum Gasteiger partial charge on any atom is -0.416 e. The summed E-state index contributed by atoms with van der Waals surface area (Å²) in [7, 11) is -9.00. The summed E-state index contributed by atoms with van der Waals surface area (Å²) in [4.78, 5) is 0. The van der Waals surface area contributed by atoms with E-state index in [0.29, 0.717) is 0 Å². The summed E-state index contributed by atoms with van der Waals surface area (Å²) in [5, 5.41) is 0. The minimum absolute atomic E-state index is 0.964. The highest BCUT2D eigenvalue weighted by molar-refractivity contribution is 6.93. The SMILES string of the molecule is CCCC[Si]1(C)O[Si](C)(CCC)O[Si](C)(CC)O[Si](C)(CCC)O1. The third-order valence-corrected chi connectivity index (χ3v) is 23.9. The molecule has 144 valence electrons. The van der Waals surface area contributed by atoms with Gasteiger partial charge in [0, 0.05) is 0 Å². The van der Waals surface area contributed by atoms with Gasteiger partial charge in [0.15, 0.2) is 0 Å². The van der Waals surface area contributed by atoms with E-state index in [0.717, 1.165) is 37.0 Å². The molecule has 2 unspecified atom stereocenters. The van der Waals surface area contributed by atoms with Crippen molar-refractivity contribution in [3.8, 4) is 0 Å². The molecule has 0 aromatic carbocycles. The van der Waals surface area contributed by atoms with E-state index in [-0.39, 0.29) is 0 Å². The predicted octanol–water partition coefficient (Wildman–Crippen LogP) is 5.99. The van der Waals surface area contributed by atoms with Crippen LogP contribution in [0, 0.1) is 0 Å². The van der Waals surface area contributed by atoms with Crippen molar-refractivity contribution in [2.75, 3.05) is 0 Å². The van der Waals surface area contributed by atoms with Crippen LogP contribution in [0.4, 0.5) is 0 Å². The molecule has 1 rings (SSSR count). The van der Waals surface area contributed by atoms with Gasteiger partial charge in [0.1, 0.15) is 0 Å². The number of hydrogen-bond acceptors (Lipinski definition) is 4. The molecule has 0 amide bonds. The minimum atomic E-state index is -2.27. The fraction of sp³-hybridized carbons (Fsp3) is 1.00. The Bertz CT molecular complexity index is 374. The van der Waals surface area contributed by atoms with Crippen LogP contribution in [0.15, 0.2) is 0 Å². The Labute approximate surface area is 154 Å². The summed E-state index contributed by atoms with van der Waals surface area (Å²) in [5.74, 6) is 0. The van der Waals surface area contributed by atoms with Crippen LogP contribution in [-0.4, -0.2) is 34.2 Å². The van der Waals surface area contributed by atoms with Crippen LogP contribution in [0.2, 0.25) is 50.4 Å². The Hall–Kier alpha value is 0.708. The van der Waals surface area contributed by atoms with Gasteiger partial charge in [-0.2, -0.15) is 0 Å². The third-order valence-electron chi connectivity index (χ3n) is 4.76. The van der Waals surface area contributed by atoms with Gasteiger partial charge in [0.05, 0.1) is 0 Å². The number of unbranched alkanes of at least 4 members (excludes halogenated alkanes) is 1. The van der Waals surface area contributed by atoms with Crippen molar-refractivity contribution in [1.82, 2.24) is 0 Å². The smallest absolute Gasteiger partial charge is 0.317 e. The van der Waals surface area contributed by atoms with E-state index >= 15 is 0 Å². The van der Waals surface area contributed by atoms with E-state index in [1.165, 1.54) is 12.8 Å². The normalized spacial score (nSPS) is 41.0. The van der Waals surface area contributed by atoms with Gasteiger partial charge in [-0.05, 0) is 50.4 Å². The van der Waals surface area contributed by atoms with E-state index in [2.05, 4.69) is 53.9 Å². The zero-order valence-electron chi connectivity index (χ0n) is 17.3. The van der Waals surface area contributed by atoms with E-state index in [1.54, 1.807) is 0 Å². The molecule has 1 aliphatic rings. The molecule has 1 heterocycles. The molecule has 1 saturated heterocycles. The molecule has 0 spiro atoms. The van der Waals surface area contributed by atoms with Crippen molar-refractivity contribution in [3.63, 3.8) is 0 Å². The maximum atomic E-state index is 6.87. The first kappa shape index (κ1) is 22.7. The molecule has 1 aliphatic heterocycles. The highest BCUT2D eigenvalue weighted by Crippen LogP contribution is 2.38. The fourth-order valence-electron chi connectivity index (χ4n) is 3.77. The quantitative estimate of drug-likeness (QED) is 0.462. The summed E-state index contributed by atoms with van der Waals surface area (Å²) in [6.45, 7) is 17.8. The highest BCUT2D eigenvalue weighted by Gasteiger charge is 2.55. The number of rotatable bonds is 8. The van der Waals surface area contributed by atoms with Gasteiger partial charge in [-0.25, -0.2) is 0 Å². The van der Waals surface area contributed by atoms with E-state index in [1.807, 2.05) is 0 Å². The second-order valence-corrected chi connectivity index (χ2v) is 22.4. The lowest BCUT2D eigenvalue weighted by Crippen LogP contribution is -2.67. The molecule has 0 aliphatic carbocycles. The Morgan fingerprint density at radius 2 is 0.875 bits per heavy atom. The summed E-state index contributed by atoms with van der Waals surface area (Å²) < 4.78 is 27.3. The molecule has 1 fully saturated rings. The van der Waals surface area contributed by atoms with Gasteiger partial charge in [-0.1, -0.05) is 53.4 Å². The second kappa shape index (κ2) is 9.07. The molecule has 0 aromatic rings. The van der Waals surface area contributed by atoms with Crippen molar-refractivity contribution < 1.29 is 16.5 Å². The van der Waals surface area contributed by atoms with Gasteiger partial charge in [-0.3, -0.25) is 0 Å². The zero-order chi connectivity index (χ0) is 18.5. The van der Waals surface area contributed by atoms with Gasteiger partial charge in [0.25, 0.3) is 0 Å². The van der Waals surface area contributed by atoms with Gasteiger partial charge >= 0.3 is 34.2 Å². The topological polar surface area (TPSA) is 36.9 Å². The van der Waals surface area contributed by atoms with Crippen LogP contribution in [-0.2, 0) is 16.5 Å². The number of hydrogen-bond donors (Lipinski definition) is 0. The molecule has 0 saturated carbocycles. The standard InChI is InChI=1S/C16H40O4Si4/c1-9-13-16-24(8)19-22(6,14-10-2)17-21(5,12-4)18-23(7,20-24)15-11-3/h9-16H2,1-8H3. The van der Waals surface area contributed by atoms with Crippen LogP contribution in [0.5, 0.6) is 0 Å². The van der Waals surface area contributed by atoms with Crippen LogP contribution in [0.1, 0.15) is 53.4 Å². The van der Waals surface area contributed by atoms with Crippen molar-refractivity contribution in [3.05, 3.63) is 0 Å². The molecule has 0 N–H and O–H groups in total. The molecular formula is C16H40O4Si4. The van der Waals surface area contributed by atoms with Gasteiger partial charge < -0.3 is 16.5 Å². The van der Waals surface area contributed by atoms with Crippen molar-refractivity contribution in [2.45, 2.75) is 104 Å². The van der Waals surface area contributed by atoms with Gasteiger partial charge in [0.2, 0.25) is 0 Å². The largest absolute Gasteiger partial charge is 0.416 e. The summed E-state index contributed by atoms with van der Waals surface area (Å²) in [6.07, 6.45) is 4.53. The Morgan fingerprint density at radius 3 is 1.21 bits per heavy atom. The molecule has 24 heavy (non-hydrogen) atoms. The third kappa shape index (κ3) is 6.46. The van der Waals surface area contributed by atoms with Gasteiger partial charge in [-0.15, -0.1) is 0 Å². The van der Waals surface area contributed by atoms with E-state index < -0.39 is 34.2 Å². The monoisotopic (exact) mass is 408 g/mol. The highest BCUT2D eigenvalue weighted by atomic mass is 28.5. The Morgan fingerprint density at radius 1 is 0.500 bits per heavy atom. The Kier molecular flexibility index (Phi) is 8.60. The van der Waals surface area contributed by atoms with Crippen molar-refractivity contribution in [2.24, 2.45) is 0 Å². The van der Waals surface area contributed by atoms with E-state index in [4.69, 9.17) is 16.5 Å². The second-order valence-electron chi connectivity index (χ2n) is 7.90. The van der Waals surface area contributed by atoms with E-state index in [9.17, 15) is 0 Å². The average molecular weight is 409 g/mol. The zero-order valence-corrected chi connectivity index (χ0v) is 21.3. The van der Waals surface area contributed by atoms with Crippen LogP contribution in [0.25, 0.3) is 0 Å². The maximum Gasteiger partial charge on any atom is 0.317 e. The lowest BCUT2D eigenvalue weighted by molar-refractivity contribution is 0.222. The summed E-state index contributed by atoms with van der Waals surface area (Å²) in [6, 6.07) is 4.08. The molecular weight excluding hydrogens is 369 g/mol. The lowest BCUT2D eigenvalue weighted by Gasteiger charge is -2.50. The first-order valence-corrected chi connectivity index (χ1v) is 20.0. The molecule has 0 bridgehead atoms.